The molecule has 22 heavy (non-hydrogen) atoms. The number of rotatable bonds is 3. The molecule has 3 rings (SSSR count). The van der Waals surface area contributed by atoms with Crippen LogP contribution in [0.25, 0.3) is 0 Å². The number of ether oxygens (including phenoxy) is 1. The molecule has 1 fully saturated rings. The summed E-state index contributed by atoms with van der Waals surface area (Å²) < 4.78 is 18.7. The van der Waals surface area contributed by atoms with Crippen molar-refractivity contribution >= 4 is 11.5 Å². The fourth-order valence-electron chi connectivity index (χ4n) is 2.50. The monoisotopic (exact) mass is 303 g/mol. The largest absolute Gasteiger partial charge is 0.370 e. The van der Waals surface area contributed by atoms with E-state index in [9.17, 15) is 14.5 Å². The third-order valence-corrected chi connectivity index (χ3v) is 3.57. The number of benzene rings is 1. The first-order valence-corrected chi connectivity index (χ1v) is 6.86. The van der Waals surface area contributed by atoms with Gasteiger partial charge in [0.1, 0.15) is 11.9 Å². The second-order valence-electron chi connectivity index (χ2n) is 4.96. The number of hydrogen-bond acceptors (Lipinski definition) is 5. The average molecular weight is 303 g/mol. The highest BCUT2D eigenvalue weighted by Crippen LogP contribution is 2.30. The predicted molar refractivity (Wildman–Crippen MR) is 78.2 cm³/mol. The van der Waals surface area contributed by atoms with Gasteiger partial charge in [-0.25, -0.2) is 9.37 Å². The lowest BCUT2D eigenvalue weighted by atomic mass is 10.1. The van der Waals surface area contributed by atoms with Gasteiger partial charge in [0, 0.05) is 18.8 Å². The van der Waals surface area contributed by atoms with E-state index in [1.165, 1.54) is 24.4 Å². The molecule has 0 saturated carbocycles. The first-order valence-electron chi connectivity index (χ1n) is 6.86. The topological polar surface area (TPSA) is 68.5 Å². The summed E-state index contributed by atoms with van der Waals surface area (Å²) in [6.45, 7) is 1.38. The molecule has 2 aromatic rings. The molecule has 114 valence electrons. The lowest BCUT2D eigenvalue weighted by Gasteiger charge is -2.33. The summed E-state index contributed by atoms with van der Waals surface area (Å²) >= 11 is 0. The third-order valence-electron chi connectivity index (χ3n) is 3.57. The number of pyridine rings is 1. The Morgan fingerprint density at radius 3 is 2.82 bits per heavy atom. The zero-order chi connectivity index (χ0) is 15.5. The van der Waals surface area contributed by atoms with Crippen LogP contribution in [0.15, 0.2) is 42.6 Å². The molecule has 1 aliphatic rings. The summed E-state index contributed by atoms with van der Waals surface area (Å²) in [6.07, 6.45) is 1.26. The molecule has 1 atom stereocenters. The van der Waals surface area contributed by atoms with Crippen LogP contribution >= 0.6 is 0 Å². The summed E-state index contributed by atoms with van der Waals surface area (Å²) in [5.41, 5.74) is 0.812. The molecule has 0 radical (unpaired) electrons. The zero-order valence-electron chi connectivity index (χ0n) is 11.7. The molecule has 1 aromatic heterocycles. The van der Waals surface area contributed by atoms with Crippen LogP contribution in [0.2, 0.25) is 0 Å². The fraction of sp³-hybridized carbons (Fsp3) is 0.267. The molecule has 2 heterocycles. The van der Waals surface area contributed by atoms with Gasteiger partial charge < -0.3 is 9.64 Å². The van der Waals surface area contributed by atoms with Gasteiger partial charge in [-0.05, 0) is 23.8 Å². The van der Waals surface area contributed by atoms with Crippen molar-refractivity contribution in [3.05, 3.63) is 64.1 Å². The minimum atomic E-state index is -0.440. The molecular formula is C15H14FN3O3. The van der Waals surface area contributed by atoms with Gasteiger partial charge in [0.15, 0.2) is 0 Å². The number of nitro groups is 1. The highest BCUT2D eigenvalue weighted by molar-refractivity contribution is 5.57. The van der Waals surface area contributed by atoms with Crippen LogP contribution in [0.5, 0.6) is 0 Å². The number of halogens is 1. The molecule has 1 aromatic carbocycles. The van der Waals surface area contributed by atoms with Crippen molar-refractivity contribution < 1.29 is 14.1 Å². The van der Waals surface area contributed by atoms with Gasteiger partial charge in [-0.2, -0.15) is 0 Å². The minimum Gasteiger partial charge on any atom is -0.370 e. The van der Waals surface area contributed by atoms with Crippen LogP contribution in [0.4, 0.5) is 15.9 Å². The molecule has 0 unspecified atom stereocenters. The molecule has 1 saturated heterocycles. The van der Waals surface area contributed by atoms with Gasteiger partial charge >= 0.3 is 5.69 Å². The molecule has 0 N–H and O–H groups in total. The average Bonchev–Trinajstić information content (AvgIpc) is 2.55. The van der Waals surface area contributed by atoms with Crippen molar-refractivity contribution in [3.8, 4) is 0 Å². The van der Waals surface area contributed by atoms with E-state index >= 15 is 0 Å². The first-order chi connectivity index (χ1) is 10.6. The van der Waals surface area contributed by atoms with Gasteiger partial charge in [-0.1, -0.05) is 12.1 Å². The lowest BCUT2D eigenvalue weighted by molar-refractivity contribution is -0.384. The van der Waals surface area contributed by atoms with Gasteiger partial charge in [-0.3, -0.25) is 10.1 Å². The number of anilines is 1. The standard InChI is InChI=1S/C15H14FN3O3/c16-12-5-3-11(4-6-12)14-10-18(8-9-22-14)15-13(19(20)21)2-1-7-17-15/h1-7,14H,8-10H2/t14-/m0/s1. The number of morpholine rings is 1. The van der Waals surface area contributed by atoms with Crippen LogP contribution in [-0.4, -0.2) is 29.6 Å². The highest BCUT2D eigenvalue weighted by Gasteiger charge is 2.27. The Morgan fingerprint density at radius 2 is 2.09 bits per heavy atom. The van der Waals surface area contributed by atoms with Crippen molar-refractivity contribution in [1.29, 1.82) is 0 Å². The summed E-state index contributed by atoms with van der Waals surface area (Å²) in [7, 11) is 0. The zero-order valence-corrected chi connectivity index (χ0v) is 11.7. The van der Waals surface area contributed by atoms with E-state index in [2.05, 4.69) is 4.98 Å². The molecule has 7 heteroatoms. The van der Waals surface area contributed by atoms with Crippen LogP contribution in [0, 0.1) is 15.9 Å². The second kappa shape index (κ2) is 6.07. The molecule has 0 spiro atoms. The van der Waals surface area contributed by atoms with E-state index in [1.54, 1.807) is 18.2 Å². The van der Waals surface area contributed by atoms with Crippen molar-refractivity contribution in [3.63, 3.8) is 0 Å². The maximum atomic E-state index is 13.0. The second-order valence-corrected chi connectivity index (χ2v) is 4.96. The van der Waals surface area contributed by atoms with E-state index < -0.39 is 4.92 Å². The smallest absolute Gasteiger partial charge is 0.311 e. The Hall–Kier alpha value is -2.54. The molecule has 0 amide bonds. The Labute approximate surface area is 126 Å². The maximum Gasteiger partial charge on any atom is 0.311 e. The molecule has 6 nitrogen and oxygen atoms in total. The van der Waals surface area contributed by atoms with E-state index in [1.807, 2.05) is 4.90 Å². The quantitative estimate of drug-likeness (QED) is 0.644. The van der Waals surface area contributed by atoms with Crippen LogP contribution < -0.4 is 4.90 Å². The van der Waals surface area contributed by atoms with Crippen LogP contribution in [0.3, 0.4) is 0 Å². The van der Waals surface area contributed by atoms with Crippen molar-refractivity contribution in [1.82, 2.24) is 4.98 Å². The molecule has 1 aliphatic heterocycles. The fourth-order valence-corrected chi connectivity index (χ4v) is 2.50. The Balaban J connectivity index is 1.84. The summed E-state index contributed by atoms with van der Waals surface area (Å²) in [5, 5.41) is 11.1. The molecular weight excluding hydrogens is 289 g/mol. The van der Waals surface area contributed by atoms with Gasteiger partial charge in [-0.15, -0.1) is 0 Å². The summed E-state index contributed by atoms with van der Waals surface area (Å²) in [6, 6.07) is 9.05. The summed E-state index contributed by atoms with van der Waals surface area (Å²) in [4.78, 5) is 16.6. The lowest BCUT2D eigenvalue weighted by Crippen LogP contribution is -2.39. The van der Waals surface area contributed by atoms with Gasteiger partial charge in [0.25, 0.3) is 0 Å². The third kappa shape index (κ3) is 2.89. The van der Waals surface area contributed by atoms with Crippen LogP contribution in [0.1, 0.15) is 11.7 Å². The normalized spacial score (nSPS) is 18.2. The SMILES string of the molecule is O=[N+]([O-])c1cccnc1N1CCO[C@H](c2ccc(F)cc2)C1. The Kier molecular flexibility index (Phi) is 3.97. The maximum absolute atomic E-state index is 13.0. The Morgan fingerprint density at radius 1 is 1.32 bits per heavy atom. The first kappa shape index (κ1) is 14.4. The molecule has 0 bridgehead atoms. The van der Waals surface area contributed by atoms with Crippen molar-refractivity contribution in [2.75, 3.05) is 24.6 Å². The summed E-state index contributed by atoms with van der Waals surface area (Å²) in [5.74, 6) is 0.0275. The van der Waals surface area contributed by atoms with E-state index in [4.69, 9.17) is 4.74 Å². The predicted octanol–water partition coefficient (Wildman–Crippen LogP) is 2.71. The van der Waals surface area contributed by atoms with Crippen molar-refractivity contribution in [2.24, 2.45) is 0 Å². The van der Waals surface area contributed by atoms with E-state index in [0.29, 0.717) is 25.5 Å². The number of aromatic nitrogens is 1. The van der Waals surface area contributed by atoms with Gasteiger partial charge in [0.05, 0.1) is 18.1 Å². The van der Waals surface area contributed by atoms with Gasteiger partial charge in [0.2, 0.25) is 5.82 Å². The number of hydrogen-bond donors (Lipinski definition) is 0. The molecule has 0 aliphatic carbocycles. The van der Waals surface area contributed by atoms with Crippen LogP contribution in [-0.2, 0) is 4.74 Å². The van der Waals surface area contributed by atoms with E-state index in [-0.39, 0.29) is 17.6 Å². The number of nitrogens with zero attached hydrogens (tertiary/aromatic N) is 3. The van der Waals surface area contributed by atoms with E-state index in [0.717, 1.165) is 5.56 Å². The van der Waals surface area contributed by atoms with Crippen molar-refractivity contribution in [2.45, 2.75) is 6.10 Å². The highest BCUT2D eigenvalue weighted by atomic mass is 19.1. The minimum absolute atomic E-state index is 0.0257. The Bertz CT molecular complexity index is 678.